The van der Waals surface area contributed by atoms with E-state index < -0.39 is 4.92 Å². The highest BCUT2D eigenvalue weighted by Gasteiger charge is 2.48. The molecule has 0 saturated heterocycles. The minimum atomic E-state index is -0.443. The molecule has 1 aromatic rings. The summed E-state index contributed by atoms with van der Waals surface area (Å²) < 4.78 is 10.8. The third kappa shape index (κ3) is 2.95. The minimum absolute atomic E-state index is 0.0249. The summed E-state index contributed by atoms with van der Waals surface area (Å²) in [4.78, 5) is 10.4. The molecule has 1 N–H and O–H groups in total. The molecule has 2 rings (SSSR count). The molecule has 1 saturated carbocycles. The van der Waals surface area contributed by atoms with Crippen molar-refractivity contribution in [2.24, 2.45) is 5.41 Å². The zero-order chi connectivity index (χ0) is 15.6. The molecule has 6 nitrogen and oxygen atoms in total. The van der Waals surface area contributed by atoms with E-state index in [1.807, 2.05) is 6.92 Å². The molecule has 116 valence electrons. The molecule has 0 bridgehead atoms. The van der Waals surface area contributed by atoms with E-state index in [0.717, 1.165) is 12.1 Å². The third-order valence-corrected chi connectivity index (χ3v) is 4.26. The molecule has 0 spiro atoms. The van der Waals surface area contributed by atoms with Gasteiger partial charge in [0, 0.05) is 35.9 Å². The predicted molar refractivity (Wildman–Crippen MR) is 80.9 cm³/mol. The lowest BCUT2D eigenvalue weighted by Crippen LogP contribution is -2.58. The monoisotopic (exact) mass is 294 g/mol. The van der Waals surface area contributed by atoms with Gasteiger partial charge in [-0.1, -0.05) is 13.8 Å². The Balaban J connectivity index is 2.09. The van der Waals surface area contributed by atoms with Gasteiger partial charge in [-0.3, -0.25) is 10.1 Å². The van der Waals surface area contributed by atoms with Crippen molar-refractivity contribution in [2.45, 2.75) is 39.3 Å². The zero-order valence-electron chi connectivity index (χ0n) is 12.9. The largest absolute Gasteiger partial charge is 0.490 e. The van der Waals surface area contributed by atoms with Crippen molar-refractivity contribution in [2.75, 3.05) is 19.0 Å². The van der Waals surface area contributed by atoms with Gasteiger partial charge in [-0.15, -0.1) is 0 Å². The second kappa shape index (κ2) is 5.89. The first-order valence-corrected chi connectivity index (χ1v) is 7.10. The van der Waals surface area contributed by atoms with Crippen LogP contribution < -0.4 is 10.1 Å². The summed E-state index contributed by atoms with van der Waals surface area (Å²) in [5.41, 5.74) is 0.832. The molecule has 1 aliphatic carbocycles. The Kier molecular flexibility index (Phi) is 4.37. The first-order valence-electron chi connectivity index (χ1n) is 7.10. The Morgan fingerprint density at radius 2 is 2.19 bits per heavy atom. The normalized spacial score (nSPS) is 23.2. The highest BCUT2D eigenvalue weighted by molar-refractivity contribution is 5.58. The standard InChI is InChI=1S/C15H22N2O4/c1-5-21-14-9-13(15(14,2)3)16-10-6-7-11(17(18)19)12(8-10)20-4/h6-8,13-14,16H,5,9H2,1-4H3. The van der Waals surface area contributed by atoms with Crippen molar-refractivity contribution >= 4 is 11.4 Å². The van der Waals surface area contributed by atoms with Crippen molar-refractivity contribution in [3.8, 4) is 5.75 Å². The molecule has 0 amide bonds. The molecule has 1 aromatic carbocycles. The minimum Gasteiger partial charge on any atom is -0.490 e. The van der Waals surface area contributed by atoms with E-state index in [1.54, 1.807) is 12.1 Å². The number of nitro groups is 1. The lowest BCUT2D eigenvalue weighted by atomic mass is 9.64. The second-order valence-corrected chi connectivity index (χ2v) is 5.84. The van der Waals surface area contributed by atoms with Crippen LogP contribution in [-0.4, -0.2) is 30.8 Å². The van der Waals surface area contributed by atoms with Crippen molar-refractivity contribution in [3.63, 3.8) is 0 Å². The molecule has 2 atom stereocenters. The summed E-state index contributed by atoms with van der Waals surface area (Å²) in [7, 11) is 1.44. The molecule has 21 heavy (non-hydrogen) atoms. The summed E-state index contributed by atoms with van der Waals surface area (Å²) in [5.74, 6) is 0.267. The number of nitro benzene ring substituents is 1. The van der Waals surface area contributed by atoms with Gasteiger partial charge in [0.05, 0.1) is 18.1 Å². The van der Waals surface area contributed by atoms with Crippen molar-refractivity contribution in [1.82, 2.24) is 0 Å². The topological polar surface area (TPSA) is 73.6 Å². The quantitative estimate of drug-likeness (QED) is 0.644. The van der Waals surface area contributed by atoms with E-state index in [0.29, 0.717) is 6.61 Å². The summed E-state index contributed by atoms with van der Waals surface area (Å²) in [6.07, 6.45) is 1.18. The van der Waals surface area contributed by atoms with E-state index in [1.165, 1.54) is 13.2 Å². The number of anilines is 1. The van der Waals surface area contributed by atoms with Crippen molar-refractivity contribution in [3.05, 3.63) is 28.3 Å². The fourth-order valence-corrected chi connectivity index (χ4v) is 2.73. The van der Waals surface area contributed by atoms with Crippen LogP contribution in [0.1, 0.15) is 27.2 Å². The lowest BCUT2D eigenvalue weighted by molar-refractivity contribution is -0.385. The number of hydrogen-bond donors (Lipinski definition) is 1. The molecule has 1 fully saturated rings. The van der Waals surface area contributed by atoms with Crippen molar-refractivity contribution < 1.29 is 14.4 Å². The lowest BCUT2D eigenvalue weighted by Gasteiger charge is -2.52. The molecular formula is C15H22N2O4. The van der Waals surface area contributed by atoms with Gasteiger partial charge in [0.15, 0.2) is 5.75 Å². The fourth-order valence-electron chi connectivity index (χ4n) is 2.73. The SMILES string of the molecule is CCOC1CC(Nc2ccc([N+](=O)[O-])c(OC)c2)C1(C)C. The Morgan fingerprint density at radius 1 is 1.48 bits per heavy atom. The molecule has 0 heterocycles. The van der Waals surface area contributed by atoms with Crippen LogP contribution in [0.2, 0.25) is 0 Å². The van der Waals surface area contributed by atoms with E-state index >= 15 is 0 Å². The number of nitrogens with one attached hydrogen (secondary N) is 1. The number of methoxy groups -OCH3 is 1. The molecule has 0 aliphatic heterocycles. The highest BCUT2D eigenvalue weighted by atomic mass is 16.6. The van der Waals surface area contributed by atoms with Gasteiger partial charge in [-0.25, -0.2) is 0 Å². The predicted octanol–water partition coefficient (Wildman–Crippen LogP) is 3.22. The molecular weight excluding hydrogens is 272 g/mol. The summed E-state index contributed by atoms with van der Waals surface area (Å²) in [5, 5.41) is 14.3. The molecule has 2 unspecified atom stereocenters. The van der Waals surface area contributed by atoms with Gasteiger partial charge in [0.1, 0.15) is 0 Å². The number of rotatable bonds is 6. The van der Waals surface area contributed by atoms with Gasteiger partial charge in [-0.05, 0) is 19.4 Å². The van der Waals surface area contributed by atoms with Crippen LogP contribution in [0.15, 0.2) is 18.2 Å². The average Bonchev–Trinajstić information content (AvgIpc) is 2.45. The number of ether oxygens (including phenoxy) is 2. The van der Waals surface area contributed by atoms with E-state index in [9.17, 15) is 10.1 Å². The van der Waals surface area contributed by atoms with Crippen LogP contribution in [-0.2, 0) is 4.74 Å². The van der Waals surface area contributed by atoms with Crippen LogP contribution in [0.4, 0.5) is 11.4 Å². The number of nitrogens with zero attached hydrogens (tertiary/aromatic N) is 1. The Labute approximate surface area is 124 Å². The van der Waals surface area contributed by atoms with Crippen LogP contribution in [0.5, 0.6) is 5.75 Å². The fraction of sp³-hybridized carbons (Fsp3) is 0.600. The summed E-state index contributed by atoms with van der Waals surface area (Å²) in [6, 6.07) is 5.13. The number of benzene rings is 1. The van der Waals surface area contributed by atoms with Crippen molar-refractivity contribution in [1.29, 1.82) is 0 Å². The van der Waals surface area contributed by atoms with Crippen LogP contribution >= 0.6 is 0 Å². The van der Waals surface area contributed by atoms with Crippen LogP contribution in [0, 0.1) is 15.5 Å². The van der Waals surface area contributed by atoms with Crippen LogP contribution in [0.3, 0.4) is 0 Å². The second-order valence-electron chi connectivity index (χ2n) is 5.84. The maximum absolute atomic E-state index is 10.9. The van der Waals surface area contributed by atoms with Crippen LogP contribution in [0.25, 0.3) is 0 Å². The first-order chi connectivity index (χ1) is 9.90. The van der Waals surface area contributed by atoms with Gasteiger partial charge in [0.2, 0.25) is 0 Å². The smallest absolute Gasteiger partial charge is 0.311 e. The third-order valence-electron chi connectivity index (χ3n) is 4.26. The molecule has 0 aromatic heterocycles. The maximum Gasteiger partial charge on any atom is 0.311 e. The zero-order valence-corrected chi connectivity index (χ0v) is 12.9. The summed E-state index contributed by atoms with van der Waals surface area (Å²) in [6.45, 7) is 7.04. The van der Waals surface area contributed by atoms with Gasteiger partial charge in [0.25, 0.3) is 0 Å². The van der Waals surface area contributed by atoms with E-state index in [2.05, 4.69) is 19.2 Å². The maximum atomic E-state index is 10.9. The molecule has 0 radical (unpaired) electrons. The highest BCUT2D eigenvalue weighted by Crippen LogP contribution is 2.44. The number of hydrogen-bond acceptors (Lipinski definition) is 5. The Bertz CT molecular complexity index is 530. The molecule has 1 aliphatic rings. The van der Waals surface area contributed by atoms with Gasteiger partial charge < -0.3 is 14.8 Å². The van der Waals surface area contributed by atoms with E-state index in [-0.39, 0.29) is 29.0 Å². The van der Waals surface area contributed by atoms with Gasteiger partial charge in [-0.2, -0.15) is 0 Å². The average molecular weight is 294 g/mol. The summed E-state index contributed by atoms with van der Waals surface area (Å²) >= 11 is 0. The first kappa shape index (κ1) is 15.6. The van der Waals surface area contributed by atoms with Gasteiger partial charge >= 0.3 is 5.69 Å². The van der Waals surface area contributed by atoms with E-state index in [4.69, 9.17) is 9.47 Å². The molecule has 6 heteroatoms. The Morgan fingerprint density at radius 3 is 2.71 bits per heavy atom. The Hall–Kier alpha value is -1.82.